The maximum Gasteiger partial charge on any atom is 0.256 e. The Morgan fingerprint density at radius 2 is 1.96 bits per heavy atom. The first-order valence-electron chi connectivity index (χ1n) is 8.54. The van der Waals surface area contributed by atoms with Crippen LogP contribution in [0.5, 0.6) is 11.5 Å². The lowest BCUT2D eigenvalue weighted by atomic mass is 9.85. The average molecular weight is 329 g/mol. The molecule has 3 aromatic rings. The quantitative estimate of drug-likeness (QED) is 0.494. The summed E-state index contributed by atoms with van der Waals surface area (Å²) in [7, 11) is 2.05. The Bertz CT molecular complexity index is 1060. The second kappa shape index (κ2) is 5.32. The Kier molecular flexibility index (Phi) is 3.33. The topological polar surface area (TPSA) is 36.9 Å². The molecule has 3 heteroatoms. The zero-order valence-corrected chi connectivity index (χ0v) is 15.1. The molecule has 0 atom stereocenters. The fraction of sp³-hybridized carbons (Fsp3) is 0.273. The molecular formula is C22H21N2O+. The summed E-state index contributed by atoms with van der Waals surface area (Å²) >= 11 is 0. The Morgan fingerprint density at radius 3 is 2.72 bits per heavy atom. The molecule has 25 heavy (non-hydrogen) atoms. The highest BCUT2D eigenvalue weighted by atomic mass is 16.5. The minimum Gasteiger partial charge on any atom is -0.449 e. The lowest BCUT2D eigenvalue weighted by molar-refractivity contribution is -0.660. The van der Waals surface area contributed by atoms with Crippen molar-refractivity contribution in [2.45, 2.75) is 27.2 Å². The van der Waals surface area contributed by atoms with Gasteiger partial charge in [-0.1, -0.05) is 24.3 Å². The van der Waals surface area contributed by atoms with Crippen LogP contribution in [-0.4, -0.2) is 0 Å². The van der Waals surface area contributed by atoms with E-state index in [4.69, 9.17) is 4.74 Å². The molecule has 0 amide bonds. The summed E-state index contributed by atoms with van der Waals surface area (Å²) in [5, 5.41) is 11.8. The molecule has 1 aliphatic rings. The van der Waals surface area contributed by atoms with Gasteiger partial charge in [-0.3, -0.25) is 0 Å². The van der Waals surface area contributed by atoms with E-state index in [1.54, 1.807) is 0 Å². The van der Waals surface area contributed by atoms with E-state index in [9.17, 15) is 5.26 Å². The van der Waals surface area contributed by atoms with Gasteiger partial charge in [0, 0.05) is 17.0 Å². The highest BCUT2D eigenvalue weighted by Gasteiger charge is 2.32. The minimum atomic E-state index is -0.435. The molecule has 4 rings (SSSR count). The molecule has 0 saturated carbocycles. The molecule has 124 valence electrons. The minimum absolute atomic E-state index is 0.435. The van der Waals surface area contributed by atoms with Gasteiger partial charge < -0.3 is 4.74 Å². The first-order valence-corrected chi connectivity index (χ1v) is 8.54. The lowest BCUT2D eigenvalue weighted by Gasteiger charge is -2.24. The van der Waals surface area contributed by atoms with Gasteiger partial charge in [0.1, 0.15) is 12.8 Å². The molecule has 2 heterocycles. The molecule has 0 N–H and O–H groups in total. The standard InChI is InChI=1S/C22H21N2O/c1-14-8-9-15-6-5-7-17-19(15)18(14)20-21(25-17)16(10-11-24(20)4)12-22(2,3)13-23/h5-11H,12H2,1-4H3/q+1. The summed E-state index contributed by atoms with van der Waals surface area (Å²) in [6, 6.07) is 15.0. The van der Waals surface area contributed by atoms with Gasteiger partial charge >= 0.3 is 0 Å². The van der Waals surface area contributed by atoms with E-state index in [-0.39, 0.29) is 0 Å². The number of aryl methyl sites for hydroxylation is 2. The van der Waals surface area contributed by atoms with Gasteiger partial charge in [0.25, 0.3) is 5.69 Å². The van der Waals surface area contributed by atoms with Crippen molar-refractivity contribution >= 4 is 10.8 Å². The smallest absolute Gasteiger partial charge is 0.256 e. The number of hydrogen-bond donors (Lipinski definition) is 0. The summed E-state index contributed by atoms with van der Waals surface area (Å²) < 4.78 is 8.50. The second-order valence-electron chi connectivity index (χ2n) is 7.52. The zero-order chi connectivity index (χ0) is 17.8. The number of aromatic nitrogens is 1. The number of benzene rings is 2. The largest absolute Gasteiger partial charge is 0.449 e. The van der Waals surface area contributed by atoms with Gasteiger partial charge in [-0.15, -0.1) is 0 Å². The van der Waals surface area contributed by atoms with Crippen molar-refractivity contribution in [2.75, 3.05) is 0 Å². The van der Waals surface area contributed by atoms with Crippen LogP contribution in [0.1, 0.15) is 25.0 Å². The highest BCUT2D eigenvalue weighted by Crippen LogP contribution is 2.48. The number of ether oxygens (including phenoxy) is 1. The van der Waals surface area contributed by atoms with Crippen molar-refractivity contribution in [1.82, 2.24) is 0 Å². The Morgan fingerprint density at radius 1 is 1.16 bits per heavy atom. The van der Waals surface area contributed by atoms with Crippen LogP contribution >= 0.6 is 0 Å². The number of hydrogen-bond acceptors (Lipinski definition) is 2. The van der Waals surface area contributed by atoms with Crippen molar-refractivity contribution in [3.8, 4) is 28.8 Å². The van der Waals surface area contributed by atoms with E-state index in [1.165, 1.54) is 21.9 Å². The molecule has 0 spiro atoms. The van der Waals surface area contributed by atoms with Crippen LogP contribution in [-0.2, 0) is 13.5 Å². The molecule has 0 fully saturated rings. The van der Waals surface area contributed by atoms with E-state index in [0.717, 1.165) is 22.8 Å². The van der Waals surface area contributed by atoms with Crippen LogP contribution in [0.4, 0.5) is 0 Å². The van der Waals surface area contributed by atoms with Crippen LogP contribution in [0.25, 0.3) is 22.0 Å². The van der Waals surface area contributed by atoms with Gasteiger partial charge in [0.05, 0.1) is 17.0 Å². The summed E-state index contributed by atoms with van der Waals surface area (Å²) in [5.74, 6) is 1.77. The Balaban J connectivity index is 2.05. The number of pyridine rings is 1. The molecular weight excluding hydrogens is 308 g/mol. The molecule has 2 aromatic carbocycles. The fourth-order valence-corrected chi connectivity index (χ4v) is 3.67. The summed E-state index contributed by atoms with van der Waals surface area (Å²) in [6.45, 7) is 6.08. The van der Waals surface area contributed by atoms with Gasteiger partial charge in [-0.05, 0) is 44.2 Å². The normalized spacial score (nSPS) is 12.4. The molecule has 0 unspecified atom stereocenters. The first kappa shape index (κ1) is 15.7. The van der Waals surface area contributed by atoms with Gasteiger partial charge in [-0.2, -0.15) is 9.83 Å². The van der Waals surface area contributed by atoms with Crippen LogP contribution in [0.15, 0.2) is 42.6 Å². The van der Waals surface area contributed by atoms with E-state index >= 15 is 0 Å². The average Bonchev–Trinajstić information content (AvgIpc) is 2.60. The van der Waals surface area contributed by atoms with Gasteiger partial charge in [-0.25, -0.2) is 0 Å². The van der Waals surface area contributed by atoms with Crippen LogP contribution < -0.4 is 9.30 Å². The maximum absolute atomic E-state index is 9.44. The van der Waals surface area contributed by atoms with Crippen molar-refractivity contribution in [1.29, 1.82) is 5.26 Å². The maximum atomic E-state index is 9.44. The van der Waals surface area contributed by atoms with Crippen LogP contribution in [0.2, 0.25) is 0 Å². The number of fused-ring (bicyclic) bond motifs is 2. The molecule has 1 aliphatic heterocycles. The zero-order valence-electron chi connectivity index (χ0n) is 15.1. The van der Waals surface area contributed by atoms with E-state index < -0.39 is 5.41 Å². The second-order valence-corrected chi connectivity index (χ2v) is 7.52. The van der Waals surface area contributed by atoms with Crippen LogP contribution in [0, 0.1) is 23.7 Å². The third-order valence-electron chi connectivity index (χ3n) is 4.96. The number of nitriles is 1. The van der Waals surface area contributed by atoms with Gasteiger partial charge in [0.15, 0.2) is 6.20 Å². The third kappa shape index (κ3) is 2.37. The number of rotatable bonds is 2. The molecule has 3 nitrogen and oxygen atoms in total. The highest BCUT2D eigenvalue weighted by molar-refractivity contribution is 6.04. The SMILES string of the molecule is Cc1ccc2cccc3c2c1-c1c(c(CC(C)(C)C#N)cc[n+]1C)O3. The van der Waals surface area contributed by atoms with Crippen molar-refractivity contribution < 1.29 is 9.30 Å². The molecule has 0 saturated heterocycles. The first-order chi connectivity index (χ1) is 11.9. The number of nitrogens with zero attached hydrogens (tertiary/aromatic N) is 2. The molecule has 1 aromatic heterocycles. The Labute approximate surface area is 148 Å². The summed E-state index contributed by atoms with van der Waals surface area (Å²) in [4.78, 5) is 0. The third-order valence-corrected chi connectivity index (χ3v) is 4.96. The fourth-order valence-electron chi connectivity index (χ4n) is 3.67. The summed E-state index contributed by atoms with van der Waals surface area (Å²) in [6.07, 6.45) is 2.72. The molecule has 0 bridgehead atoms. The van der Waals surface area contributed by atoms with E-state index in [2.05, 4.69) is 48.0 Å². The van der Waals surface area contributed by atoms with Crippen molar-refractivity contribution in [3.05, 3.63) is 53.7 Å². The predicted molar refractivity (Wildman–Crippen MR) is 98.5 cm³/mol. The molecule has 0 radical (unpaired) electrons. The van der Waals surface area contributed by atoms with Gasteiger partial charge in [0.2, 0.25) is 5.75 Å². The monoisotopic (exact) mass is 329 g/mol. The lowest BCUT2D eigenvalue weighted by Crippen LogP contribution is -2.33. The van der Waals surface area contributed by atoms with E-state index in [0.29, 0.717) is 6.42 Å². The van der Waals surface area contributed by atoms with E-state index in [1.807, 2.05) is 33.0 Å². The predicted octanol–water partition coefficient (Wildman–Crippen LogP) is 4.84. The van der Waals surface area contributed by atoms with Crippen molar-refractivity contribution in [2.24, 2.45) is 12.5 Å². The summed E-state index contributed by atoms with van der Waals surface area (Å²) in [5.41, 5.74) is 4.19. The van der Waals surface area contributed by atoms with Crippen LogP contribution in [0.3, 0.4) is 0 Å². The molecule has 0 aliphatic carbocycles. The Hall–Kier alpha value is -2.86. The van der Waals surface area contributed by atoms with Crippen molar-refractivity contribution in [3.63, 3.8) is 0 Å².